The van der Waals surface area contributed by atoms with Crippen LogP contribution < -0.4 is 4.74 Å². The maximum absolute atomic E-state index is 11.3. The summed E-state index contributed by atoms with van der Waals surface area (Å²) in [5.41, 5.74) is 1.18. The molecule has 0 radical (unpaired) electrons. The minimum atomic E-state index is -0.674. The van der Waals surface area contributed by atoms with Crippen LogP contribution in [0.25, 0.3) is 0 Å². The van der Waals surface area contributed by atoms with Crippen molar-refractivity contribution in [1.29, 1.82) is 0 Å². The maximum Gasteiger partial charge on any atom is 0.308 e. The van der Waals surface area contributed by atoms with E-state index in [4.69, 9.17) is 4.74 Å². The van der Waals surface area contributed by atoms with Gasteiger partial charge in [-0.1, -0.05) is 19.1 Å². The Bertz CT molecular complexity index is 475. The van der Waals surface area contributed by atoms with E-state index in [1.807, 2.05) is 19.1 Å². The second-order valence-electron chi connectivity index (χ2n) is 5.79. The van der Waals surface area contributed by atoms with Gasteiger partial charge >= 0.3 is 5.97 Å². The van der Waals surface area contributed by atoms with E-state index in [2.05, 4.69) is 24.0 Å². The Morgan fingerprint density at radius 2 is 2.29 bits per heavy atom. The third-order valence-corrected chi connectivity index (χ3v) is 4.19. The number of carboxylic acids is 1. The lowest BCUT2D eigenvalue weighted by Crippen LogP contribution is -2.45. The molecule has 1 N–H and O–H groups in total. The second kappa shape index (κ2) is 7.46. The molecule has 1 aromatic rings. The van der Waals surface area contributed by atoms with Gasteiger partial charge in [-0.2, -0.15) is 0 Å². The van der Waals surface area contributed by atoms with E-state index in [1.54, 1.807) is 0 Å². The fourth-order valence-electron chi connectivity index (χ4n) is 2.95. The Labute approximate surface area is 126 Å². The van der Waals surface area contributed by atoms with Crippen molar-refractivity contribution in [3.05, 3.63) is 29.8 Å². The number of rotatable bonds is 6. The van der Waals surface area contributed by atoms with Gasteiger partial charge in [0.25, 0.3) is 0 Å². The Balaban J connectivity index is 2.01. The molecule has 0 amide bonds. The van der Waals surface area contributed by atoms with Crippen LogP contribution in [0.1, 0.15) is 38.7 Å². The fraction of sp³-hybridized carbons (Fsp3) is 0.588. The third-order valence-electron chi connectivity index (χ3n) is 4.19. The van der Waals surface area contributed by atoms with Crippen molar-refractivity contribution >= 4 is 5.97 Å². The number of piperidine rings is 1. The van der Waals surface area contributed by atoms with Gasteiger partial charge in [-0.3, -0.25) is 9.69 Å². The van der Waals surface area contributed by atoms with Gasteiger partial charge in [0, 0.05) is 12.6 Å². The van der Waals surface area contributed by atoms with Crippen LogP contribution in [0.3, 0.4) is 0 Å². The number of hydrogen-bond acceptors (Lipinski definition) is 3. The van der Waals surface area contributed by atoms with Crippen molar-refractivity contribution in [2.24, 2.45) is 5.92 Å². The molecule has 4 nitrogen and oxygen atoms in total. The molecule has 0 unspecified atom stereocenters. The maximum atomic E-state index is 11.3. The molecule has 1 aliphatic rings. The van der Waals surface area contributed by atoms with E-state index in [-0.39, 0.29) is 12.0 Å². The van der Waals surface area contributed by atoms with Gasteiger partial charge in [0.05, 0.1) is 12.5 Å². The van der Waals surface area contributed by atoms with E-state index in [1.165, 1.54) is 5.56 Å². The molecule has 1 saturated heterocycles. The molecule has 0 spiro atoms. The highest BCUT2D eigenvalue weighted by Crippen LogP contribution is 2.26. The van der Waals surface area contributed by atoms with Gasteiger partial charge in [0.1, 0.15) is 5.75 Å². The monoisotopic (exact) mass is 291 g/mol. The Morgan fingerprint density at radius 3 is 3.00 bits per heavy atom. The molecule has 4 heteroatoms. The summed E-state index contributed by atoms with van der Waals surface area (Å²) in [7, 11) is 0. The molecule has 116 valence electrons. The van der Waals surface area contributed by atoms with Crippen molar-refractivity contribution in [3.8, 4) is 5.75 Å². The third kappa shape index (κ3) is 4.21. The highest BCUT2D eigenvalue weighted by atomic mass is 16.5. The minimum Gasteiger partial charge on any atom is -0.494 e. The highest BCUT2D eigenvalue weighted by molar-refractivity contribution is 5.70. The standard InChI is InChI=1S/C17H25NO3/c1-3-10-21-15-7-4-6-14(11-15)12-18-9-5-8-16(13(18)2)17(19)20/h4,6-7,11,13,16H,3,5,8-10,12H2,1-2H3,(H,19,20)/t13-,16-/m0/s1. The molecule has 1 aliphatic heterocycles. The summed E-state index contributed by atoms with van der Waals surface area (Å²) >= 11 is 0. The number of nitrogens with zero attached hydrogens (tertiary/aromatic N) is 1. The first-order valence-corrected chi connectivity index (χ1v) is 7.80. The van der Waals surface area contributed by atoms with Crippen molar-refractivity contribution in [3.63, 3.8) is 0 Å². The van der Waals surface area contributed by atoms with E-state index in [0.29, 0.717) is 0 Å². The Kier molecular flexibility index (Phi) is 5.62. The molecular formula is C17H25NO3. The first-order valence-electron chi connectivity index (χ1n) is 7.80. The van der Waals surface area contributed by atoms with Crippen LogP contribution in [0.5, 0.6) is 5.75 Å². The van der Waals surface area contributed by atoms with Crippen LogP contribution in [-0.2, 0) is 11.3 Å². The van der Waals surface area contributed by atoms with Crippen LogP contribution >= 0.6 is 0 Å². The largest absolute Gasteiger partial charge is 0.494 e. The normalized spacial score (nSPS) is 23.0. The quantitative estimate of drug-likeness (QED) is 0.874. The van der Waals surface area contributed by atoms with Gasteiger partial charge in [0.15, 0.2) is 0 Å². The zero-order valence-electron chi connectivity index (χ0n) is 12.9. The number of carboxylic acid groups (broad SMARTS) is 1. The van der Waals surface area contributed by atoms with Gasteiger partial charge in [-0.05, 0) is 50.4 Å². The van der Waals surface area contributed by atoms with Gasteiger partial charge in [0.2, 0.25) is 0 Å². The summed E-state index contributed by atoms with van der Waals surface area (Å²) < 4.78 is 5.66. The lowest BCUT2D eigenvalue weighted by molar-refractivity contribution is -0.145. The zero-order chi connectivity index (χ0) is 15.2. The lowest BCUT2D eigenvalue weighted by atomic mass is 9.90. The molecule has 0 aliphatic carbocycles. The summed E-state index contributed by atoms with van der Waals surface area (Å²) in [4.78, 5) is 13.6. The number of benzene rings is 1. The van der Waals surface area contributed by atoms with Crippen molar-refractivity contribution in [2.45, 2.75) is 45.7 Å². The molecule has 1 fully saturated rings. The summed E-state index contributed by atoms with van der Waals surface area (Å²) in [6.45, 7) is 6.59. The Morgan fingerprint density at radius 1 is 1.48 bits per heavy atom. The SMILES string of the molecule is CCCOc1cccc(CN2CCC[C@H](C(=O)O)[C@@H]2C)c1. The molecule has 2 atom stereocenters. The number of ether oxygens (including phenoxy) is 1. The highest BCUT2D eigenvalue weighted by Gasteiger charge is 2.32. The van der Waals surface area contributed by atoms with Gasteiger partial charge < -0.3 is 9.84 Å². The molecular weight excluding hydrogens is 266 g/mol. The van der Waals surface area contributed by atoms with Crippen LogP contribution in [0.4, 0.5) is 0 Å². The van der Waals surface area contributed by atoms with Crippen LogP contribution in [0.15, 0.2) is 24.3 Å². The van der Waals surface area contributed by atoms with E-state index >= 15 is 0 Å². The summed E-state index contributed by atoms with van der Waals surface area (Å²) in [5, 5.41) is 9.29. The number of hydrogen-bond donors (Lipinski definition) is 1. The second-order valence-corrected chi connectivity index (χ2v) is 5.79. The molecule has 0 aromatic heterocycles. The molecule has 0 bridgehead atoms. The average Bonchev–Trinajstić information content (AvgIpc) is 2.47. The number of likely N-dealkylation sites (tertiary alicyclic amines) is 1. The number of aliphatic carboxylic acids is 1. The average molecular weight is 291 g/mol. The molecule has 1 heterocycles. The molecule has 0 saturated carbocycles. The van der Waals surface area contributed by atoms with Gasteiger partial charge in [-0.25, -0.2) is 0 Å². The van der Waals surface area contributed by atoms with Crippen LogP contribution in [0, 0.1) is 5.92 Å². The molecule has 1 aromatic carbocycles. The van der Waals surface area contributed by atoms with Crippen molar-refractivity contribution in [1.82, 2.24) is 4.90 Å². The van der Waals surface area contributed by atoms with Crippen LogP contribution in [-0.4, -0.2) is 35.2 Å². The fourth-order valence-corrected chi connectivity index (χ4v) is 2.95. The first-order chi connectivity index (χ1) is 10.1. The predicted octanol–water partition coefficient (Wildman–Crippen LogP) is 3.16. The van der Waals surface area contributed by atoms with Crippen LogP contribution in [0.2, 0.25) is 0 Å². The predicted molar refractivity (Wildman–Crippen MR) is 82.5 cm³/mol. The summed E-state index contributed by atoms with van der Waals surface area (Å²) in [5.74, 6) is -0.0284. The topological polar surface area (TPSA) is 49.8 Å². The van der Waals surface area contributed by atoms with Gasteiger partial charge in [-0.15, -0.1) is 0 Å². The zero-order valence-corrected chi connectivity index (χ0v) is 12.9. The lowest BCUT2D eigenvalue weighted by Gasteiger charge is -2.37. The molecule has 2 rings (SSSR count). The first kappa shape index (κ1) is 15.8. The summed E-state index contributed by atoms with van der Waals surface area (Å²) in [6, 6.07) is 8.20. The van der Waals surface area contributed by atoms with E-state index in [9.17, 15) is 9.90 Å². The van der Waals surface area contributed by atoms with E-state index < -0.39 is 5.97 Å². The van der Waals surface area contributed by atoms with E-state index in [0.717, 1.165) is 44.7 Å². The smallest absolute Gasteiger partial charge is 0.308 e. The Hall–Kier alpha value is -1.55. The summed E-state index contributed by atoms with van der Waals surface area (Å²) in [6.07, 6.45) is 2.73. The molecule has 21 heavy (non-hydrogen) atoms. The minimum absolute atomic E-state index is 0.0801. The number of carbonyl (C=O) groups is 1. The van der Waals surface area contributed by atoms with Crippen molar-refractivity contribution in [2.75, 3.05) is 13.2 Å². The van der Waals surface area contributed by atoms with Crippen molar-refractivity contribution < 1.29 is 14.6 Å².